The first-order valence-corrected chi connectivity index (χ1v) is 9.02. The van der Waals surface area contributed by atoms with Crippen LogP contribution in [-0.4, -0.2) is 47.9 Å². The largest absolute Gasteiger partial charge is 0.416 e. The summed E-state index contributed by atoms with van der Waals surface area (Å²) in [6.07, 6.45) is -3.98. The average Bonchev–Trinajstić information content (AvgIpc) is 2.94. The van der Waals surface area contributed by atoms with Crippen LogP contribution in [0.5, 0.6) is 0 Å². The minimum atomic E-state index is -4.50. The minimum absolute atomic E-state index is 0.0494. The van der Waals surface area contributed by atoms with Crippen molar-refractivity contribution in [2.75, 3.05) is 31.5 Å². The van der Waals surface area contributed by atoms with Gasteiger partial charge in [0, 0.05) is 37.4 Å². The predicted octanol–water partition coefficient (Wildman–Crippen LogP) is 4.22. The van der Waals surface area contributed by atoms with E-state index in [1.54, 1.807) is 4.90 Å². The number of nitrogens with zero attached hydrogens (tertiary/aromatic N) is 2. The van der Waals surface area contributed by atoms with Crippen LogP contribution in [0.25, 0.3) is 0 Å². The summed E-state index contributed by atoms with van der Waals surface area (Å²) in [6.45, 7) is 1.28. The lowest BCUT2D eigenvalue weighted by atomic mass is 10.2. The SMILES string of the molecule is O=C(Nc1cccc(C(F)(F)F)c1)N1CCCN(C(=O)c2ccc(F)cc2)CC1. The normalized spacial score (nSPS) is 15.0. The Morgan fingerprint density at radius 2 is 1.55 bits per heavy atom. The van der Waals surface area contributed by atoms with E-state index in [9.17, 15) is 27.2 Å². The summed E-state index contributed by atoms with van der Waals surface area (Å²) >= 11 is 0. The molecule has 29 heavy (non-hydrogen) atoms. The Kier molecular flexibility index (Phi) is 6.05. The lowest BCUT2D eigenvalue weighted by Crippen LogP contribution is -2.39. The fourth-order valence-corrected chi connectivity index (χ4v) is 3.07. The highest BCUT2D eigenvalue weighted by molar-refractivity contribution is 5.94. The summed E-state index contributed by atoms with van der Waals surface area (Å²) in [5.74, 6) is -0.694. The van der Waals surface area contributed by atoms with E-state index in [4.69, 9.17) is 0 Å². The lowest BCUT2D eigenvalue weighted by molar-refractivity contribution is -0.137. The minimum Gasteiger partial charge on any atom is -0.337 e. The molecule has 0 radical (unpaired) electrons. The number of hydrogen-bond acceptors (Lipinski definition) is 2. The molecule has 3 rings (SSSR count). The Hall–Kier alpha value is -3.10. The summed E-state index contributed by atoms with van der Waals surface area (Å²) in [7, 11) is 0. The molecule has 0 saturated carbocycles. The van der Waals surface area contributed by atoms with Crippen LogP contribution in [0.2, 0.25) is 0 Å². The fraction of sp³-hybridized carbons (Fsp3) is 0.300. The van der Waals surface area contributed by atoms with Crippen LogP contribution in [0.15, 0.2) is 48.5 Å². The second-order valence-corrected chi connectivity index (χ2v) is 6.65. The first-order valence-electron chi connectivity index (χ1n) is 9.02. The van der Waals surface area contributed by atoms with Gasteiger partial charge in [0.1, 0.15) is 5.82 Å². The number of hydrogen-bond donors (Lipinski definition) is 1. The molecular weight excluding hydrogens is 390 g/mol. The quantitative estimate of drug-likeness (QED) is 0.755. The zero-order valence-electron chi connectivity index (χ0n) is 15.4. The van der Waals surface area contributed by atoms with Gasteiger partial charge in [-0.05, 0) is 48.9 Å². The van der Waals surface area contributed by atoms with Crippen molar-refractivity contribution in [1.82, 2.24) is 9.80 Å². The van der Waals surface area contributed by atoms with Crippen LogP contribution in [0.4, 0.5) is 28.0 Å². The second-order valence-electron chi connectivity index (χ2n) is 6.65. The highest BCUT2D eigenvalue weighted by Gasteiger charge is 2.30. The van der Waals surface area contributed by atoms with Crippen molar-refractivity contribution in [2.45, 2.75) is 12.6 Å². The Balaban J connectivity index is 1.61. The summed E-state index contributed by atoms with van der Waals surface area (Å²) < 4.78 is 51.5. The molecule has 3 amide bonds. The molecule has 1 aliphatic heterocycles. The topological polar surface area (TPSA) is 52.7 Å². The van der Waals surface area contributed by atoms with Crippen molar-refractivity contribution < 1.29 is 27.2 Å². The molecule has 0 unspecified atom stereocenters. The molecule has 1 N–H and O–H groups in total. The molecule has 1 fully saturated rings. The van der Waals surface area contributed by atoms with Crippen molar-refractivity contribution in [3.05, 3.63) is 65.5 Å². The summed E-state index contributed by atoms with van der Waals surface area (Å²) in [4.78, 5) is 28.0. The van der Waals surface area contributed by atoms with Gasteiger partial charge in [0.15, 0.2) is 0 Å². The van der Waals surface area contributed by atoms with E-state index >= 15 is 0 Å². The van der Waals surface area contributed by atoms with Gasteiger partial charge in [0.2, 0.25) is 0 Å². The number of nitrogens with one attached hydrogen (secondary N) is 1. The molecule has 0 aromatic heterocycles. The van der Waals surface area contributed by atoms with Crippen molar-refractivity contribution in [3.63, 3.8) is 0 Å². The van der Waals surface area contributed by atoms with Crippen LogP contribution in [0, 0.1) is 5.82 Å². The van der Waals surface area contributed by atoms with Gasteiger partial charge < -0.3 is 15.1 Å². The van der Waals surface area contributed by atoms with Crippen molar-refractivity contribution >= 4 is 17.6 Å². The van der Waals surface area contributed by atoms with Crippen molar-refractivity contribution in [1.29, 1.82) is 0 Å². The van der Waals surface area contributed by atoms with Crippen LogP contribution in [0.3, 0.4) is 0 Å². The van der Waals surface area contributed by atoms with Crippen LogP contribution >= 0.6 is 0 Å². The summed E-state index contributed by atoms with van der Waals surface area (Å²) in [5.41, 5.74) is -0.441. The highest BCUT2D eigenvalue weighted by Crippen LogP contribution is 2.30. The predicted molar refractivity (Wildman–Crippen MR) is 99.0 cm³/mol. The molecule has 1 saturated heterocycles. The first kappa shape index (κ1) is 20.6. The van der Waals surface area contributed by atoms with Gasteiger partial charge in [0.25, 0.3) is 5.91 Å². The van der Waals surface area contributed by atoms with E-state index in [2.05, 4.69) is 5.32 Å². The van der Waals surface area contributed by atoms with Gasteiger partial charge >= 0.3 is 12.2 Å². The number of halogens is 4. The first-order chi connectivity index (χ1) is 13.7. The number of carbonyl (C=O) groups excluding carboxylic acids is 2. The molecule has 154 valence electrons. The molecule has 0 spiro atoms. The number of anilines is 1. The number of rotatable bonds is 2. The Morgan fingerprint density at radius 1 is 0.897 bits per heavy atom. The molecule has 9 heteroatoms. The number of alkyl halides is 3. The Bertz CT molecular complexity index is 884. The van der Waals surface area contributed by atoms with Gasteiger partial charge in [-0.2, -0.15) is 13.2 Å². The monoisotopic (exact) mass is 409 g/mol. The maximum atomic E-state index is 13.0. The van der Waals surface area contributed by atoms with Crippen molar-refractivity contribution in [3.8, 4) is 0 Å². The van der Waals surface area contributed by atoms with Gasteiger partial charge in [0.05, 0.1) is 5.56 Å². The third-order valence-electron chi connectivity index (χ3n) is 4.60. The van der Waals surface area contributed by atoms with Crippen LogP contribution < -0.4 is 5.32 Å². The maximum Gasteiger partial charge on any atom is 0.416 e. The van der Waals surface area contributed by atoms with E-state index in [0.717, 1.165) is 12.1 Å². The van der Waals surface area contributed by atoms with Gasteiger partial charge in [-0.25, -0.2) is 9.18 Å². The maximum absolute atomic E-state index is 13.0. The number of amides is 3. The third kappa shape index (κ3) is 5.24. The Labute approximate surface area is 164 Å². The van der Waals surface area contributed by atoms with Gasteiger partial charge in [-0.15, -0.1) is 0 Å². The number of carbonyl (C=O) groups is 2. The zero-order valence-corrected chi connectivity index (χ0v) is 15.4. The molecule has 1 heterocycles. The molecule has 0 atom stereocenters. The number of benzene rings is 2. The van der Waals surface area contributed by atoms with Crippen molar-refractivity contribution in [2.24, 2.45) is 0 Å². The van der Waals surface area contributed by atoms with Gasteiger partial charge in [-0.3, -0.25) is 4.79 Å². The van der Waals surface area contributed by atoms with E-state index in [1.165, 1.54) is 41.3 Å². The molecular formula is C20H19F4N3O2. The summed E-state index contributed by atoms with van der Waals surface area (Å²) in [5, 5.41) is 2.48. The fourth-order valence-electron chi connectivity index (χ4n) is 3.07. The van der Waals surface area contributed by atoms with Crippen LogP contribution in [0.1, 0.15) is 22.3 Å². The molecule has 2 aromatic rings. The third-order valence-corrected chi connectivity index (χ3v) is 4.60. The molecule has 0 bridgehead atoms. The van der Waals surface area contributed by atoms with E-state index in [-0.39, 0.29) is 24.7 Å². The molecule has 2 aromatic carbocycles. The van der Waals surface area contributed by atoms with E-state index in [1.807, 2.05) is 0 Å². The summed E-state index contributed by atoms with van der Waals surface area (Å²) in [6, 6.07) is 9.11. The van der Waals surface area contributed by atoms with Gasteiger partial charge in [-0.1, -0.05) is 6.07 Å². The zero-order chi connectivity index (χ0) is 21.0. The number of urea groups is 1. The average molecular weight is 409 g/mol. The molecule has 1 aliphatic rings. The lowest BCUT2D eigenvalue weighted by Gasteiger charge is -2.22. The Morgan fingerprint density at radius 3 is 2.24 bits per heavy atom. The smallest absolute Gasteiger partial charge is 0.337 e. The van der Waals surface area contributed by atoms with E-state index < -0.39 is 23.6 Å². The van der Waals surface area contributed by atoms with E-state index in [0.29, 0.717) is 25.1 Å². The second kappa shape index (κ2) is 8.50. The highest BCUT2D eigenvalue weighted by atomic mass is 19.4. The molecule has 0 aliphatic carbocycles. The molecule has 5 nitrogen and oxygen atoms in total. The van der Waals surface area contributed by atoms with Crippen LogP contribution in [-0.2, 0) is 6.18 Å². The standard InChI is InChI=1S/C20H19F4N3O2/c21-16-7-5-14(6-8-16)18(28)26-9-2-10-27(12-11-26)19(29)25-17-4-1-3-15(13-17)20(22,23)24/h1,3-8,13H,2,9-12H2,(H,25,29).